The SMILES string of the molecule is N#CCc1ccc(C=CC(=O)O)cc1. The lowest BCUT2D eigenvalue weighted by atomic mass is 10.1. The van der Waals surface area contributed by atoms with E-state index in [1.807, 2.05) is 18.2 Å². The van der Waals surface area contributed by atoms with Crippen molar-refractivity contribution in [3.8, 4) is 6.07 Å². The maximum absolute atomic E-state index is 10.2. The molecule has 1 N–H and O–H groups in total. The van der Waals surface area contributed by atoms with Crippen molar-refractivity contribution >= 4 is 12.0 Å². The zero-order valence-electron chi connectivity index (χ0n) is 7.47. The van der Waals surface area contributed by atoms with Crippen LogP contribution in [0.3, 0.4) is 0 Å². The average molecular weight is 187 g/mol. The van der Waals surface area contributed by atoms with Gasteiger partial charge in [0, 0.05) is 6.08 Å². The topological polar surface area (TPSA) is 61.1 Å². The van der Waals surface area contributed by atoms with Crippen LogP contribution in [0.15, 0.2) is 30.3 Å². The Labute approximate surface area is 81.9 Å². The van der Waals surface area contributed by atoms with E-state index in [4.69, 9.17) is 10.4 Å². The Morgan fingerprint density at radius 1 is 1.43 bits per heavy atom. The molecule has 1 rings (SSSR count). The summed E-state index contributed by atoms with van der Waals surface area (Å²) in [5, 5.41) is 16.8. The van der Waals surface area contributed by atoms with Crippen LogP contribution in [0.25, 0.3) is 6.08 Å². The maximum atomic E-state index is 10.2. The molecule has 0 aromatic heterocycles. The molecule has 0 bridgehead atoms. The molecule has 3 heteroatoms. The van der Waals surface area contributed by atoms with Gasteiger partial charge in [0.2, 0.25) is 0 Å². The van der Waals surface area contributed by atoms with Crippen LogP contribution >= 0.6 is 0 Å². The Kier molecular flexibility index (Phi) is 3.45. The first-order chi connectivity index (χ1) is 6.72. The van der Waals surface area contributed by atoms with Gasteiger partial charge in [-0.3, -0.25) is 0 Å². The van der Waals surface area contributed by atoms with Gasteiger partial charge in [-0.05, 0) is 17.2 Å². The molecule has 3 nitrogen and oxygen atoms in total. The minimum absolute atomic E-state index is 0.378. The van der Waals surface area contributed by atoms with E-state index in [9.17, 15) is 4.79 Å². The molecule has 1 aromatic rings. The van der Waals surface area contributed by atoms with Crippen molar-refractivity contribution in [2.45, 2.75) is 6.42 Å². The van der Waals surface area contributed by atoms with Crippen molar-refractivity contribution in [2.75, 3.05) is 0 Å². The number of rotatable bonds is 3. The molecule has 0 aliphatic carbocycles. The van der Waals surface area contributed by atoms with Crippen molar-refractivity contribution in [3.63, 3.8) is 0 Å². The molecule has 0 atom stereocenters. The molecule has 0 unspecified atom stereocenters. The number of carboxylic acid groups (broad SMARTS) is 1. The number of benzene rings is 1. The van der Waals surface area contributed by atoms with Crippen LogP contribution in [-0.2, 0) is 11.2 Å². The smallest absolute Gasteiger partial charge is 0.328 e. The normalized spacial score (nSPS) is 9.93. The fraction of sp³-hybridized carbons (Fsp3) is 0.0909. The fourth-order valence-electron chi connectivity index (χ4n) is 1.01. The standard InChI is InChI=1S/C11H9NO2/c12-8-7-10-3-1-9(2-4-10)5-6-11(13)14/h1-6H,7H2,(H,13,14). The fourth-order valence-corrected chi connectivity index (χ4v) is 1.01. The van der Waals surface area contributed by atoms with Gasteiger partial charge < -0.3 is 5.11 Å². The van der Waals surface area contributed by atoms with Crippen LogP contribution in [0, 0.1) is 11.3 Å². The minimum Gasteiger partial charge on any atom is -0.478 e. The first kappa shape index (κ1) is 10.0. The van der Waals surface area contributed by atoms with Crippen LogP contribution in [0.5, 0.6) is 0 Å². The number of carboxylic acids is 1. The van der Waals surface area contributed by atoms with Gasteiger partial charge in [0.1, 0.15) is 0 Å². The Balaban J connectivity index is 2.74. The van der Waals surface area contributed by atoms with Crippen LogP contribution in [0.1, 0.15) is 11.1 Å². The Bertz CT molecular complexity index is 385. The third-order valence-electron chi connectivity index (χ3n) is 1.68. The first-order valence-electron chi connectivity index (χ1n) is 4.09. The summed E-state index contributed by atoms with van der Waals surface area (Å²) in [5.41, 5.74) is 1.74. The van der Waals surface area contributed by atoms with Crippen molar-refractivity contribution in [3.05, 3.63) is 41.5 Å². The van der Waals surface area contributed by atoms with Gasteiger partial charge in [-0.25, -0.2) is 4.79 Å². The summed E-state index contributed by atoms with van der Waals surface area (Å²) >= 11 is 0. The van der Waals surface area contributed by atoms with E-state index in [-0.39, 0.29) is 0 Å². The van der Waals surface area contributed by atoms with Gasteiger partial charge in [-0.1, -0.05) is 24.3 Å². The molecular formula is C11H9NO2. The first-order valence-corrected chi connectivity index (χ1v) is 4.09. The number of hydrogen-bond acceptors (Lipinski definition) is 2. The summed E-state index contributed by atoms with van der Waals surface area (Å²) in [4.78, 5) is 10.2. The lowest BCUT2D eigenvalue weighted by Crippen LogP contribution is -1.86. The quantitative estimate of drug-likeness (QED) is 0.734. The predicted octanol–water partition coefficient (Wildman–Crippen LogP) is 1.85. The molecule has 0 saturated carbocycles. The molecule has 0 heterocycles. The zero-order chi connectivity index (χ0) is 10.4. The van der Waals surface area contributed by atoms with Crippen LogP contribution < -0.4 is 0 Å². The van der Waals surface area contributed by atoms with Gasteiger partial charge in [0.15, 0.2) is 0 Å². The summed E-state index contributed by atoms with van der Waals surface area (Å²) in [6, 6.07) is 9.23. The predicted molar refractivity (Wildman–Crippen MR) is 52.4 cm³/mol. The number of nitriles is 1. The molecule has 0 saturated heterocycles. The lowest BCUT2D eigenvalue weighted by molar-refractivity contribution is -0.131. The van der Waals surface area contributed by atoms with E-state index in [2.05, 4.69) is 0 Å². The second-order valence-corrected chi connectivity index (χ2v) is 2.75. The van der Waals surface area contributed by atoms with E-state index in [0.29, 0.717) is 6.42 Å². The van der Waals surface area contributed by atoms with Crippen LogP contribution in [0.4, 0.5) is 0 Å². The highest BCUT2D eigenvalue weighted by Crippen LogP contribution is 2.06. The van der Waals surface area contributed by atoms with E-state index in [0.717, 1.165) is 17.2 Å². The van der Waals surface area contributed by atoms with Crippen molar-refractivity contribution in [1.82, 2.24) is 0 Å². The second-order valence-electron chi connectivity index (χ2n) is 2.75. The molecular weight excluding hydrogens is 178 g/mol. The molecule has 1 aromatic carbocycles. The number of aliphatic carboxylic acids is 1. The monoisotopic (exact) mass is 187 g/mol. The minimum atomic E-state index is -0.967. The molecule has 70 valence electrons. The number of hydrogen-bond donors (Lipinski definition) is 1. The lowest BCUT2D eigenvalue weighted by Gasteiger charge is -1.95. The molecule has 0 spiro atoms. The highest BCUT2D eigenvalue weighted by molar-refractivity contribution is 5.85. The summed E-state index contributed by atoms with van der Waals surface area (Å²) in [5.74, 6) is -0.967. The van der Waals surface area contributed by atoms with E-state index >= 15 is 0 Å². The summed E-state index contributed by atoms with van der Waals surface area (Å²) in [6.45, 7) is 0. The molecule has 14 heavy (non-hydrogen) atoms. The highest BCUT2D eigenvalue weighted by atomic mass is 16.4. The Morgan fingerprint density at radius 2 is 2.07 bits per heavy atom. The van der Waals surface area contributed by atoms with Crippen LogP contribution in [0.2, 0.25) is 0 Å². The molecule has 0 aliphatic heterocycles. The average Bonchev–Trinajstić information content (AvgIpc) is 2.17. The van der Waals surface area contributed by atoms with Crippen molar-refractivity contribution in [1.29, 1.82) is 5.26 Å². The number of nitrogens with zero attached hydrogens (tertiary/aromatic N) is 1. The van der Waals surface area contributed by atoms with Gasteiger partial charge in [-0.15, -0.1) is 0 Å². The Morgan fingerprint density at radius 3 is 2.57 bits per heavy atom. The third-order valence-corrected chi connectivity index (χ3v) is 1.68. The molecule has 0 radical (unpaired) electrons. The van der Waals surface area contributed by atoms with Gasteiger partial charge in [0.05, 0.1) is 12.5 Å². The second kappa shape index (κ2) is 4.83. The van der Waals surface area contributed by atoms with E-state index in [1.54, 1.807) is 12.1 Å². The zero-order valence-corrected chi connectivity index (χ0v) is 7.47. The summed E-state index contributed by atoms with van der Waals surface area (Å²) < 4.78 is 0. The van der Waals surface area contributed by atoms with E-state index in [1.165, 1.54) is 6.08 Å². The van der Waals surface area contributed by atoms with E-state index < -0.39 is 5.97 Å². The van der Waals surface area contributed by atoms with Crippen molar-refractivity contribution < 1.29 is 9.90 Å². The number of carbonyl (C=O) groups is 1. The molecule has 0 amide bonds. The third kappa shape index (κ3) is 3.11. The van der Waals surface area contributed by atoms with Gasteiger partial charge >= 0.3 is 5.97 Å². The highest BCUT2D eigenvalue weighted by Gasteiger charge is 1.92. The largest absolute Gasteiger partial charge is 0.478 e. The van der Waals surface area contributed by atoms with Crippen LogP contribution in [-0.4, -0.2) is 11.1 Å². The molecule has 0 aliphatic rings. The van der Waals surface area contributed by atoms with Gasteiger partial charge in [0.25, 0.3) is 0 Å². The summed E-state index contributed by atoms with van der Waals surface area (Å²) in [6.07, 6.45) is 2.97. The Hall–Kier alpha value is -2.08. The molecule has 0 fully saturated rings. The maximum Gasteiger partial charge on any atom is 0.328 e. The van der Waals surface area contributed by atoms with Crippen molar-refractivity contribution in [2.24, 2.45) is 0 Å². The van der Waals surface area contributed by atoms with Gasteiger partial charge in [-0.2, -0.15) is 5.26 Å². The summed E-state index contributed by atoms with van der Waals surface area (Å²) in [7, 11) is 0.